The number of ether oxygens (including phenoxy) is 1. The molecule has 0 radical (unpaired) electrons. The highest BCUT2D eigenvalue weighted by Gasteiger charge is 2.17. The summed E-state index contributed by atoms with van der Waals surface area (Å²) in [5.74, 6) is -1.55. The first-order valence-corrected chi connectivity index (χ1v) is 8.37. The molecule has 25 heavy (non-hydrogen) atoms. The molecule has 1 amide bonds. The zero-order valence-electron chi connectivity index (χ0n) is 13.1. The highest BCUT2D eigenvalue weighted by atomic mass is 32.1. The van der Waals surface area contributed by atoms with Crippen LogP contribution in [0.5, 0.6) is 0 Å². The van der Waals surface area contributed by atoms with Crippen molar-refractivity contribution in [2.24, 2.45) is 0 Å². The van der Waals surface area contributed by atoms with Crippen LogP contribution in [0.15, 0.2) is 66.0 Å². The van der Waals surface area contributed by atoms with Crippen LogP contribution in [-0.4, -0.2) is 18.5 Å². The Labute approximate surface area is 147 Å². The summed E-state index contributed by atoms with van der Waals surface area (Å²) < 4.78 is 18.2. The van der Waals surface area contributed by atoms with Gasteiger partial charge in [-0.15, -0.1) is 11.3 Å². The Balaban J connectivity index is 1.62. The van der Waals surface area contributed by atoms with E-state index in [1.54, 1.807) is 11.4 Å². The molecule has 2 aromatic carbocycles. The SMILES string of the molecule is O=C(COC(=O)c1sccc1-c1ccccc1)Nc1cccc(F)c1. The second kappa shape index (κ2) is 7.72. The van der Waals surface area contributed by atoms with Gasteiger partial charge < -0.3 is 10.1 Å². The Morgan fingerprint density at radius 3 is 2.60 bits per heavy atom. The van der Waals surface area contributed by atoms with Crippen LogP contribution in [0.2, 0.25) is 0 Å². The third kappa shape index (κ3) is 4.30. The third-order valence-corrected chi connectivity index (χ3v) is 4.27. The number of esters is 1. The molecular formula is C19H14FNO3S. The largest absolute Gasteiger partial charge is 0.451 e. The summed E-state index contributed by atoms with van der Waals surface area (Å²) >= 11 is 1.25. The topological polar surface area (TPSA) is 55.4 Å². The maximum absolute atomic E-state index is 13.1. The third-order valence-electron chi connectivity index (χ3n) is 3.38. The number of benzene rings is 2. The van der Waals surface area contributed by atoms with Crippen LogP contribution in [-0.2, 0) is 9.53 Å². The van der Waals surface area contributed by atoms with Crippen LogP contribution in [0.1, 0.15) is 9.67 Å². The lowest BCUT2D eigenvalue weighted by atomic mass is 10.1. The van der Waals surface area contributed by atoms with E-state index >= 15 is 0 Å². The highest BCUT2D eigenvalue weighted by molar-refractivity contribution is 7.12. The van der Waals surface area contributed by atoms with E-state index in [0.717, 1.165) is 11.1 Å². The first-order valence-electron chi connectivity index (χ1n) is 7.49. The Bertz CT molecular complexity index is 892. The van der Waals surface area contributed by atoms with Gasteiger partial charge in [0, 0.05) is 11.3 Å². The van der Waals surface area contributed by atoms with Gasteiger partial charge in [0.15, 0.2) is 6.61 Å². The number of carbonyl (C=O) groups excluding carboxylic acids is 2. The number of carbonyl (C=O) groups is 2. The maximum atomic E-state index is 13.1. The molecule has 0 aliphatic carbocycles. The van der Waals surface area contributed by atoms with Crippen LogP contribution >= 0.6 is 11.3 Å². The van der Waals surface area contributed by atoms with Gasteiger partial charge in [-0.3, -0.25) is 4.79 Å². The van der Waals surface area contributed by atoms with E-state index in [1.807, 2.05) is 36.4 Å². The number of hydrogen-bond donors (Lipinski definition) is 1. The number of hydrogen-bond acceptors (Lipinski definition) is 4. The van der Waals surface area contributed by atoms with Gasteiger partial charge in [-0.25, -0.2) is 9.18 Å². The maximum Gasteiger partial charge on any atom is 0.349 e. The molecular weight excluding hydrogens is 341 g/mol. The summed E-state index contributed by atoms with van der Waals surface area (Å²) in [6.45, 7) is -0.443. The van der Waals surface area contributed by atoms with Gasteiger partial charge in [0.05, 0.1) is 0 Å². The fraction of sp³-hybridized carbons (Fsp3) is 0.0526. The van der Waals surface area contributed by atoms with Gasteiger partial charge in [-0.2, -0.15) is 0 Å². The van der Waals surface area contributed by atoms with E-state index in [1.165, 1.54) is 29.5 Å². The van der Waals surface area contributed by atoms with Crippen molar-refractivity contribution in [2.45, 2.75) is 0 Å². The van der Waals surface area contributed by atoms with Gasteiger partial charge in [0.2, 0.25) is 0 Å². The lowest BCUT2D eigenvalue weighted by molar-refractivity contribution is -0.119. The van der Waals surface area contributed by atoms with E-state index in [9.17, 15) is 14.0 Å². The zero-order valence-corrected chi connectivity index (χ0v) is 13.9. The van der Waals surface area contributed by atoms with E-state index in [0.29, 0.717) is 10.6 Å². The van der Waals surface area contributed by atoms with Gasteiger partial charge in [0.1, 0.15) is 10.7 Å². The molecule has 0 aliphatic rings. The fourth-order valence-electron chi connectivity index (χ4n) is 2.27. The minimum absolute atomic E-state index is 0.308. The predicted molar refractivity (Wildman–Crippen MR) is 95.1 cm³/mol. The summed E-state index contributed by atoms with van der Waals surface area (Å²) in [6, 6.07) is 16.8. The first-order chi connectivity index (χ1) is 12.1. The highest BCUT2D eigenvalue weighted by Crippen LogP contribution is 2.28. The summed E-state index contributed by atoms with van der Waals surface area (Å²) in [4.78, 5) is 24.5. The standard InChI is InChI=1S/C19H14FNO3S/c20-14-7-4-8-15(11-14)21-17(22)12-24-19(23)18-16(9-10-25-18)13-5-2-1-3-6-13/h1-11H,12H2,(H,21,22). The molecule has 4 nitrogen and oxygen atoms in total. The van der Waals surface area contributed by atoms with Gasteiger partial charge in [-0.05, 0) is 35.2 Å². The van der Waals surface area contributed by atoms with Crippen molar-refractivity contribution in [3.8, 4) is 11.1 Å². The van der Waals surface area contributed by atoms with Crippen molar-refractivity contribution in [1.82, 2.24) is 0 Å². The van der Waals surface area contributed by atoms with Crippen LogP contribution in [0.3, 0.4) is 0 Å². The molecule has 6 heteroatoms. The van der Waals surface area contributed by atoms with E-state index in [-0.39, 0.29) is 0 Å². The van der Waals surface area contributed by atoms with Crippen LogP contribution in [0.25, 0.3) is 11.1 Å². The molecule has 0 fully saturated rings. The number of amides is 1. The van der Waals surface area contributed by atoms with Crippen LogP contribution in [0, 0.1) is 5.82 Å². The van der Waals surface area contributed by atoms with Crippen molar-refractivity contribution in [3.05, 3.63) is 76.7 Å². The minimum atomic E-state index is -0.566. The molecule has 1 N–H and O–H groups in total. The number of thiophene rings is 1. The van der Waals surface area contributed by atoms with Crippen molar-refractivity contribution in [2.75, 3.05) is 11.9 Å². The Morgan fingerprint density at radius 1 is 1.04 bits per heavy atom. The number of nitrogens with one attached hydrogen (secondary N) is 1. The lowest BCUT2D eigenvalue weighted by Gasteiger charge is -2.07. The normalized spacial score (nSPS) is 10.3. The van der Waals surface area contributed by atoms with Gasteiger partial charge in [-0.1, -0.05) is 36.4 Å². The quantitative estimate of drug-likeness (QED) is 0.692. The van der Waals surface area contributed by atoms with Crippen molar-refractivity contribution in [3.63, 3.8) is 0 Å². The second-order valence-electron chi connectivity index (χ2n) is 5.16. The Kier molecular flexibility index (Phi) is 5.20. The molecule has 126 valence electrons. The number of rotatable bonds is 5. The van der Waals surface area contributed by atoms with Gasteiger partial charge >= 0.3 is 5.97 Å². The first kappa shape index (κ1) is 16.9. The summed E-state index contributed by atoms with van der Waals surface area (Å²) in [6.07, 6.45) is 0. The molecule has 0 spiro atoms. The average Bonchev–Trinajstić information content (AvgIpc) is 3.10. The lowest BCUT2D eigenvalue weighted by Crippen LogP contribution is -2.20. The molecule has 0 bridgehead atoms. The number of halogens is 1. The van der Waals surface area contributed by atoms with Crippen molar-refractivity contribution >= 4 is 28.9 Å². The minimum Gasteiger partial charge on any atom is -0.451 e. The zero-order chi connectivity index (χ0) is 17.6. The van der Waals surface area contributed by atoms with Crippen LogP contribution in [0.4, 0.5) is 10.1 Å². The molecule has 0 aliphatic heterocycles. The molecule has 1 aromatic heterocycles. The monoisotopic (exact) mass is 355 g/mol. The molecule has 3 rings (SSSR count). The summed E-state index contributed by atoms with van der Waals surface area (Å²) in [5.41, 5.74) is 1.98. The molecule has 3 aromatic rings. The fourth-order valence-corrected chi connectivity index (χ4v) is 3.08. The van der Waals surface area contributed by atoms with E-state index < -0.39 is 24.3 Å². The Hall–Kier alpha value is -2.99. The van der Waals surface area contributed by atoms with Crippen molar-refractivity contribution < 1.29 is 18.7 Å². The molecule has 1 heterocycles. The summed E-state index contributed by atoms with van der Waals surface area (Å²) in [7, 11) is 0. The number of anilines is 1. The Morgan fingerprint density at radius 2 is 1.84 bits per heavy atom. The van der Waals surface area contributed by atoms with E-state index in [2.05, 4.69) is 5.32 Å². The van der Waals surface area contributed by atoms with Crippen LogP contribution < -0.4 is 5.32 Å². The van der Waals surface area contributed by atoms with Crippen molar-refractivity contribution in [1.29, 1.82) is 0 Å². The van der Waals surface area contributed by atoms with E-state index in [4.69, 9.17) is 4.74 Å². The molecule has 0 atom stereocenters. The molecule has 0 unspecified atom stereocenters. The smallest absolute Gasteiger partial charge is 0.349 e. The summed E-state index contributed by atoms with van der Waals surface area (Å²) in [5, 5.41) is 4.27. The average molecular weight is 355 g/mol. The molecule has 0 saturated heterocycles. The second-order valence-corrected chi connectivity index (χ2v) is 6.08. The molecule has 0 saturated carbocycles. The predicted octanol–water partition coefficient (Wildman–Crippen LogP) is 4.35. The van der Waals surface area contributed by atoms with Gasteiger partial charge in [0.25, 0.3) is 5.91 Å².